The molecule has 0 bridgehead atoms. The third kappa shape index (κ3) is 19.8. The van der Waals surface area contributed by atoms with E-state index in [1.165, 1.54) is 64.3 Å². The number of aliphatic hydroxyl groups excluding tert-OH is 1. The Hall–Kier alpha value is -0.610. The lowest BCUT2D eigenvalue weighted by Crippen LogP contribution is -2.27. The van der Waals surface area contributed by atoms with Crippen LogP contribution in [0.15, 0.2) is 0 Å². The van der Waals surface area contributed by atoms with E-state index >= 15 is 0 Å². The van der Waals surface area contributed by atoms with Gasteiger partial charge in [-0.1, -0.05) is 85.0 Å². The molecule has 0 saturated heterocycles. The molecule has 0 radical (unpaired) electrons. The molecular formula is C27H55NO3. The maximum atomic E-state index is 12.5. The highest BCUT2D eigenvalue weighted by Gasteiger charge is 2.18. The Kier molecular flexibility index (Phi) is 23.6. The number of nitrogens with zero attached hydrogens (tertiary/aromatic N) is 1. The largest absolute Gasteiger partial charge is 0.465 e. The third-order valence-electron chi connectivity index (χ3n) is 6.20. The van der Waals surface area contributed by atoms with Crippen LogP contribution in [0.4, 0.5) is 0 Å². The monoisotopic (exact) mass is 441 g/mol. The Balaban J connectivity index is 3.86. The maximum absolute atomic E-state index is 12.5. The average Bonchev–Trinajstić information content (AvgIpc) is 2.77. The van der Waals surface area contributed by atoms with Crippen LogP contribution in [0, 0.1) is 5.92 Å². The molecule has 0 saturated carbocycles. The van der Waals surface area contributed by atoms with E-state index in [1.54, 1.807) is 0 Å². The Morgan fingerprint density at radius 3 is 1.94 bits per heavy atom. The van der Waals surface area contributed by atoms with E-state index in [9.17, 15) is 4.79 Å². The number of carbonyl (C=O) groups excluding carboxylic acids is 1. The smallest absolute Gasteiger partial charge is 0.308 e. The topological polar surface area (TPSA) is 49.8 Å². The number of rotatable bonds is 24. The Bertz CT molecular complexity index is 375. The summed E-state index contributed by atoms with van der Waals surface area (Å²) in [4.78, 5) is 15.0. The summed E-state index contributed by atoms with van der Waals surface area (Å²) >= 11 is 0. The van der Waals surface area contributed by atoms with Crippen LogP contribution in [0.5, 0.6) is 0 Å². The maximum Gasteiger partial charge on any atom is 0.308 e. The molecule has 0 aromatic carbocycles. The van der Waals surface area contributed by atoms with Crippen molar-refractivity contribution in [3.8, 4) is 0 Å². The zero-order chi connectivity index (χ0) is 23.0. The van der Waals surface area contributed by atoms with Gasteiger partial charge in [0.15, 0.2) is 0 Å². The van der Waals surface area contributed by atoms with Gasteiger partial charge < -0.3 is 14.7 Å². The molecule has 4 heteroatoms. The molecule has 0 aliphatic carbocycles. The molecule has 0 spiro atoms. The molecule has 0 aliphatic heterocycles. The van der Waals surface area contributed by atoms with Crippen molar-refractivity contribution in [3.63, 3.8) is 0 Å². The second-order valence-electron chi connectivity index (χ2n) is 9.25. The fourth-order valence-corrected chi connectivity index (χ4v) is 4.15. The standard InChI is InChI=1S/C27H55NO3/c1-4-7-9-10-11-14-20-26(19-6-3)27(30)31-25-18-13-12-15-22-28(21-8-5-2)23-16-17-24-29/h26,29H,4-25H2,1-3H3. The Morgan fingerprint density at radius 2 is 1.26 bits per heavy atom. The first-order chi connectivity index (χ1) is 15.2. The van der Waals surface area contributed by atoms with Crippen LogP contribution in [0.2, 0.25) is 0 Å². The van der Waals surface area contributed by atoms with Gasteiger partial charge in [-0.15, -0.1) is 0 Å². The predicted molar refractivity (Wildman–Crippen MR) is 133 cm³/mol. The molecule has 0 amide bonds. The van der Waals surface area contributed by atoms with Gasteiger partial charge in [0.25, 0.3) is 0 Å². The van der Waals surface area contributed by atoms with Crippen LogP contribution in [0.3, 0.4) is 0 Å². The summed E-state index contributed by atoms with van der Waals surface area (Å²) in [7, 11) is 0. The van der Waals surface area contributed by atoms with Gasteiger partial charge in [0.05, 0.1) is 12.5 Å². The molecule has 1 atom stereocenters. The minimum Gasteiger partial charge on any atom is -0.465 e. The molecule has 0 rings (SSSR count). The van der Waals surface area contributed by atoms with Crippen molar-refractivity contribution in [1.82, 2.24) is 4.90 Å². The fourth-order valence-electron chi connectivity index (χ4n) is 4.15. The highest BCUT2D eigenvalue weighted by molar-refractivity contribution is 5.72. The summed E-state index contributed by atoms with van der Waals surface area (Å²) in [5.41, 5.74) is 0. The first-order valence-electron chi connectivity index (χ1n) is 13.7. The highest BCUT2D eigenvalue weighted by Crippen LogP contribution is 2.19. The van der Waals surface area contributed by atoms with Crippen LogP contribution < -0.4 is 0 Å². The third-order valence-corrected chi connectivity index (χ3v) is 6.20. The van der Waals surface area contributed by atoms with E-state index in [0.717, 1.165) is 64.5 Å². The molecule has 31 heavy (non-hydrogen) atoms. The molecule has 4 nitrogen and oxygen atoms in total. The number of unbranched alkanes of at least 4 members (excludes halogenated alkanes) is 10. The lowest BCUT2D eigenvalue weighted by Gasteiger charge is -2.22. The minimum atomic E-state index is 0.0463. The lowest BCUT2D eigenvalue weighted by molar-refractivity contribution is -0.149. The van der Waals surface area contributed by atoms with Gasteiger partial charge in [-0.05, 0) is 64.6 Å². The number of hydrogen-bond donors (Lipinski definition) is 1. The number of hydrogen-bond acceptors (Lipinski definition) is 4. The fraction of sp³-hybridized carbons (Fsp3) is 0.963. The van der Waals surface area contributed by atoms with Gasteiger partial charge >= 0.3 is 5.97 Å². The van der Waals surface area contributed by atoms with Crippen molar-refractivity contribution < 1.29 is 14.6 Å². The molecule has 0 aromatic rings. The lowest BCUT2D eigenvalue weighted by atomic mass is 9.96. The van der Waals surface area contributed by atoms with Crippen LogP contribution in [-0.4, -0.2) is 48.8 Å². The van der Waals surface area contributed by atoms with Crippen molar-refractivity contribution in [2.45, 2.75) is 130 Å². The number of aliphatic hydroxyl groups is 1. The van der Waals surface area contributed by atoms with Crippen molar-refractivity contribution in [1.29, 1.82) is 0 Å². The second kappa shape index (κ2) is 24.0. The van der Waals surface area contributed by atoms with E-state index in [-0.39, 0.29) is 11.9 Å². The summed E-state index contributed by atoms with van der Waals surface area (Å²) in [6.07, 6.45) is 19.7. The van der Waals surface area contributed by atoms with E-state index in [1.807, 2.05) is 0 Å². The summed E-state index contributed by atoms with van der Waals surface area (Å²) < 4.78 is 5.63. The molecule has 0 aliphatic rings. The molecule has 186 valence electrons. The van der Waals surface area contributed by atoms with Crippen molar-refractivity contribution in [2.75, 3.05) is 32.8 Å². The van der Waals surface area contributed by atoms with E-state index in [2.05, 4.69) is 25.7 Å². The molecule has 0 aromatic heterocycles. The van der Waals surface area contributed by atoms with Gasteiger partial charge in [-0.3, -0.25) is 4.79 Å². The van der Waals surface area contributed by atoms with Crippen molar-refractivity contribution in [2.24, 2.45) is 5.92 Å². The normalized spacial score (nSPS) is 12.4. The van der Waals surface area contributed by atoms with Crippen molar-refractivity contribution in [3.05, 3.63) is 0 Å². The van der Waals surface area contributed by atoms with Gasteiger partial charge in [-0.2, -0.15) is 0 Å². The van der Waals surface area contributed by atoms with E-state index < -0.39 is 0 Å². The van der Waals surface area contributed by atoms with Crippen LogP contribution >= 0.6 is 0 Å². The van der Waals surface area contributed by atoms with Gasteiger partial charge in [0.2, 0.25) is 0 Å². The molecule has 1 unspecified atom stereocenters. The predicted octanol–water partition coefficient (Wildman–Crippen LogP) is 7.13. The first-order valence-corrected chi connectivity index (χ1v) is 13.7. The van der Waals surface area contributed by atoms with E-state index in [4.69, 9.17) is 9.84 Å². The number of carbonyl (C=O) groups is 1. The summed E-state index contributed by atoms with van der Waals surface area (Å²) in [6, 6.07) is 0. The number of esters is 1. The zero-order valence-electron chi connectivity index (χ0n) is 21.3. The van der Waals surface area contributed by atoms with Crippen LogP contribution in [0.1, 0.15) is 130 Å². The summed E-state index contributed by atoms with van der Waals surface area (Å²) in [5.74, 6) is 0.159. The van der Waals surface area contributed by atoms with Crippen LogP contribution in [-0.2, 0) is 9.53 Å². The average molecular weight is 442 g/mol. The summed E-state index contributed by atoms with van der Waals surface area (Å²) in [5, 5.41) is 8.98. The minimum absolute atomic E-state index is 0.0463. The van der Waals surface area contributed by atoms with Gasteiger partial charge in [-0.25, -0.2) is 0 Å². The highest BCUT2D eigenvalue weighted by atomic mass is 16.5. The molecule has 1 N–H and O–H groups in total. The molecule has 0 fully saturated rings. The van der Waals surface area contributed by atoms with E-state index in [0.29, 0.717) is 13.2 Å². The quantitative estimate of drug-likeness (QED) is 0.128. The van der Waals surface area contributed by atoms with Crippen molar-refractivity contribution >= 4 is 5.97 Å². The Labute approximate surface area is 194 Å². The molecular weight excluding hydrogens is 386 g/mol. The SMILES string of the molecule is CCCCCCCCC(CCC)C(=O)OCCCCCCN(CCCC)CCCCO. The van der Waals surface area contributed by atoms with Gasteiger partial charge in [0, 0.05) is 6.61 Å². The first kappa shape index (κ1) is 30.4. The molecule has 0 heterocycles. The number of ether oxygens (including phenoxy) is 1. The second-order valence-corrected chi connectivity index (χ2v) is 9.25. The zero-order valence-corrected chi connectivity index (χ0v) is 21.3. The van der Waals surface area contributed by atoms with Gasteiger partial charge in [0.1, 0.15) is 0 Å². The summed E-state index contributed by atoms with van der Waals surface area (Å²) in [6.45, 7) is 11.0. The van der Waals surface area contributed by atoms with Crippen LogP contribution in [0.25, 0.3) is 0 Å². The Morgan fingerprint density at radius 1 is 0.677 bits per heavy atom.